The Morgan fingerprint density at radius 1 is 1.06 bits per heavy atom. The van der Waals surface area contributed by atoms with E-state index in [0.29, 0.717) is 12.8 Å². The maximum Gasteiger partial charge on any atom is 0.307 e. The zero-order chi connectivity index (χ0) is 11.1. The fraction of sp³-hybridized carbons (Fsp3) is 0.214. The highest BCUT2D eigenvalue weighted by Gasteiger charge is 2.25. The summed E-state index contributed by atoms with van der Waals surface area (Å²) in [4.78, 5) is 11.1. The van der Waals surface area contributed by atoms with E-state index in [1.165, 1.54) is 21.9 Å². The molecule has 0 bridgehead atoms. The molecule has 0 radical (unpaired) electrons. The van der Waals surface area contributed by atoms with Crippen molar-refractivity contribution in [2.45, 2.75) is 12.8 Å². The van der Waals surface area contributed by atoms with Crippen LogP contribution in [0.5, 0.6) is 0 Å². The molecule has 0 heterocycles. The van der Waals surface area contributed by atoms with Gasteiger partial charge in [-0.2, -0.15) is 0 Å². The Bertz CT molecular complexity index is 531. The SMILES string of the molecule is O=C(O)C1Cc2cccc3cccc(c23)C1. The van der Waals surface area contributed by atoms with Gasteiger partial charge in [-0.3, -0.25) is 4.79 Å². The molecule has 0 saturated heterocycles. The number of carbonyl (C=O) groups is 1. The van der Waals surface area contributed by atoms with Gasteiger partial charge in [0.15, 0.2) is 0 Å². The molecular formula is C14H12O2. The molecule has 16 heavy (non-hydrogen) atoms. The van der Waals surface area contributed by atoms with Crippen LogP contribution in [0, 0.1) is 5.92 Å². The third-order valence-corrected chi connectivity index (χ3v) is 3.36. The van der Waals surface area contributed by atoms with Crippen LogP contribution >= 0.6 is 0 Å². The van der Waals surface area contributed by atoms with Crippen LogP contribution < -0.4 is 0 Å². The summed E-state index contributed by atoms with van der Waals surface area (Å²) in [5.74, 6) is -0.952. The van der Waals surface area contributed by atoms with Gasteiger partial charge in [0.1, 0.15) is 0 Å². The molecule has 80 valence electrons. The summed E-state index contributed by atoms with van der Waals surface area (Å²) in [7, 11) is 0. The zero-order valence-corrected chi connectivity index (χ0v) is 8.81. The van der Waals surface area contributed by atoms with E-state index in [-0.39, 0.29) is 5.92 Å². The molecule has 1 aliphatic rings. The summed E-state index contributed by atoms with van der Waals surface area (Å²) in [5.41, 5.74) is 2.35. The first-order chi connectivity index (χ1) is 7.75. The van der Waals surface area contributed by atoms with Gasteiger partial charge in [0.2, 0.25) is 0 Å². The lowest BCUT2D eigenvalue weighted by atomic mass is 9.82. The van der Waals surface area contributed by atoms with Crippen molar-refractivity contribution in [2.24, 2.45) is 5.92 Å². The summed E-state index contributed by atoms with van der Waals surface area (Å²) >= 11 is 0. The van der Waals surface area contributed by atoms with E-state index in [4.69, 9.17) is 5.11 Å². The van der Waals surface area contributed by atoms with E-state index < -0.39 is 5.97 Å². The standard InChI is InChI=1S/C14H12O2/c15-14(16)12-7-10-5-1-3-9-4-2-6-11(8-12)13(9)10/h1-6,12H,7-8H2,(H,15,16). The second kappa shape index (κ2) is 3.34. The lowest BCUT2D eigenvalue weighted by Gasteiger charge is -2.22. The van der Waals surface area contributed by atoms with Crippen LogP contribution in [0.15, 0.2) is 36.4 Å². The zero-order valence-electron chi connectivity index (χ0n) is 8.81. The first-order valence-corrected chi connectivity index (χ1v) is 5.48. The van der Waals surface area contributed by atoms with E-state index in [9.17, 15) is 4.79 Å². The minimum Gasteiger partial charge on any atom is -0.481 e. The van der Waals surface area contributed by atoms with Crippen LogP contribution in [0.1, 0.15) is 11.1 Å². The van der Waals surface area contributed by atoms with Gasteiger partial charge in [0.25, 0.3) is 0 Å². The molecule has 2 heteroatoms. The van der Waals surface area contributed by atoms with Crippen molar-refractivity contribution in [2.75, 3.05) is 0 Å². The fourth-order valence-corrected chi connectivity index (χ4v) is 2.62. The minimum absolute atomic E-state index is 0.263. The van der Waals surface area contributed by atoms with Crippen LogP contribution in [-0.2, 0) is 17.6 Å². The molecule has 2 aromatic rings. The monoisotopic (exact) mass is 212 g/mol. The first kappa shape index (κ1) is 9.40. The van der Waals surface area contributed by atoms with E-state index in [1.54, 1.807) is 0 Å². The van der Waals surface area contributed by atoms with Crippen molar-refractivity contribution in [3.8, 4) is 0 Å². The van der Waals surface area contributed by atoms with Crippen molar-refractivity contribution >= 4 is 16.7 Å². The molecule has 3 rings (SSSR count). The smallest absolute Gasteiger partial charge is 0.307 e. The van der Waals surface area contributed by atoms with Gasteiger partial charge in [0, 0.05) is 0 Å². The van der Waals surface area contributed by atoms with E-state index in [1.807, 2.05) is 24.3 Å². The van der Waals surface area contributed by atoms with Crippen molar-refractivity contribution in [1.29, 1.82) is 0 Å². The molecule has 0 amide bonds. The number of rotatable bonds is 1. The Morgan fingerprint density at radius 2 is 1.62 bits per heavy atom. The van der Waals surface area contributed by atoms with Gasteiger partial charge in [-0.25, -0.2) is 0 Å². The molecule has 2 aromatic carbocycles. The molecule has 0 spiro atoms. The molecule has 2 nitrogen and oxygen atoms in total. The number of aliphatic carboxylic acids is 1. The second-order valence-corrected chi connectivity index (χ2v) is 4.38. The molecule has 0 fully saturated rings. The third kappa shape index (κ3) is 1.30. The molecule has 0 aromatic heterocycles. The largest absolute Gasteiger partial charge is 0.481 e. The van der Waals surface area contributed by atoms with Crippen LogP contribution in [0.25, 0.3) is 10.8 Å². The average Bonchev–Trinajstić information content (AvgIpc) is 2.29. The van der Waals surface area contributed by atoms with Gasteiger partial charge >= 0.3 is 5.97 Å². The maximum atomic E-state index is 11.1. The summed E-state index contributed by atoms with van der Waals surface area (Å²) in [6, 6.07) is 12.3. The number of carboxylic acids is 1. The molecule has 0 aliphatic heterocycles. The topological polar surface area (TPSA) is 37.3 Å². The van der Waals surface area contributed by atoms with Crippen molar-refractivity contribution in [3.05, 3.63) is 47.5 Å². The van der Waals surface area contributed by atoms with E-state index >= 15 is 0 Å². The third-order valence-electron chi connectivity index (χ3n) is 3.36. The van der Waals surface area contributed by atoms with Crippen LogP contribution in [0.3, 0.4) is 0 Å². The Hall–Kier alpha value is -1.83. The second-order valence-electron chi connectivity index (χ2n) is 4.38. The van der Waals surface area contributed by atoms with Gasteiger partial charge in [-0.15, -0.1) is 0 Å². The van der Waals surface area contributed by atoms with Gasteiger partial charge in [0.05, 0.1) is 5.92 Å². The van der Waals surface area contributed by atoms with Gasteiger partial charge < -0.3 is 5.11 Å². The normalized spacial score (nSPS) is 15.2. The van der Waals surface area contributed by atoms with Crippen LogP contribution in [0.4, 0.5) is 0 Å². The van der Waals surface area contributed by atoms with E-state index in [2.05, 4.69) is 12.1 Å². The molecular weight excluding hydrogens is 200 g/mol. The number of carboxylic acid groups (broad SMARTS) is 1. The Labute approximate surface area is 93.5 Å². The lowest BCUT2D eigenvalue weighted by Crippen LogP contribution is -2.22. The van der Waals surface area contributed by atoms with Gasteiger partial charge in [-0.05, 0) is 34.7 Å². The highest BCUT2D eigenvalue weighted by Crippen LogP contribution is 2.32. The average molecular weight is 212 g/mol. The molecule has 0 unspecified atom stereocenters. The molecule has 1 aliphatic carbocycles. The molecule has 0 atom stereocenters. The Kier molecular flexibility index (Phi) is 1.96. The summed E-state index contributed by atoms with van der Waals surface area (Å²) in [6.45, 7) is 0. The quantitative estimate of drug-likeness (QED) is 0.789. The van der Waals surface area contributed by atoms with E-state index in [0.717, 1.165) is 0 Å². The van der Waals surface area contributed by atoms with Crippen LogP contribution in [-0.4, -0.2) is 11.1 Å². The Balaban J connectivity index is 2.23. The maximum absolute atomic E-state index is 11.1. The number of benzene rings is 2. The van der Waals surface area contributed by atoms with Crippen molar-refractivity contribution in [3.63, 3.8) is 0 Å². The van der Waals surface area contributed by atoms with Crippen molar-refractivity contribution in [1.82, 2.24) is 0 Å². The molecule has 0 saturated carbocycles. The predicted molar refractivity (Wildman–Crippen MR) is 62.5 cm³/mol. The fourth-order valence-electron chi connectivity index (χ4n) is 2.62. The predicted octanol–water partition coefficient (Wildman–Crippen LogP) is 2.64. The number of hydrogen-bond donors (Lipinski definition) is 1. The first-order valence-electron chi connectivity index (χ1n) is 5.48. The summed E-state index contributed by atoms with van der Waals surface area (Å²) in [6.07, 6.45) is 1.31. The van der Waals surface area contributed by atoms with Crippen LogP contribution in [0.2, 0.25) is 0 Å². The summed E-state index contributed by atoms with van der Waals surface area (Å²) in [5, 5.41) is 11.6. The Morgan fingerprint density at radius 3 is 2.12 bits per heavy atom. The highest BCUT2D eigenvalue weighted by atomic mass is 16.4. The minimum atomic E-state index is -0.688. The lowest BCUT2D eigenvalue weighted by molar-refractivity contribution is -0.141. The number of hydrogen-bond acceptors (Lipinski definition) is 1. The highest BCUT2D eigenvalue weighted by molar-refractivity contribution is 5.91. The van der Waals surface area contributed by atoms with Gasteiger partial charge in [-0.1, -0.05) is 36.4 Å². The molecule has 1 N–H and O–H groups in total. The summed E-state index contributed by atoms with van der Waals surface area (Å²) < 4.78 is 0. The van der Waals surface area contributed by atoms with Crippen molar-refractivity contribution < 1.29 is 9.90 Å².